The Morgan fingerprint density at radius 2 is 2.40 bits per heavy atom. The van der Waals surface area contributed by atoms with Gasteiger partial charge in [0.2, 0.25) is 0 Å². The molecule has 15 heavy (non-hydrogen) atoms. The third-order valence-electron chi connectivity index (χ3n) is 1.72. The number of aromatic nitrogens is 1. The third kappa shape index (κ3) is 4.16. The van der Waals surface area contributed by atoms with E-state index in [0.29, 0.717) is 5.82 Å². The molecule has 82 valence electrons. The van der Waals surface area contributed by atoms with E-state index in [-0.39, 0.29) is 5.69 Å². The number of anilines is 1. The highest BCUT2D eigenvalue weighted by atomic mass is 32.2. The molecule has 0 atom stereocenters. The van der Waals surface area contributed by atoms with Gasteiger partial charge in [-0.3, -0.25) is 10.1 Å². The highest BCUT2D eigenvalue weighted by Gasteiger charge is 2.04. The summed E-state index contributed by atoms with van der Waals surface area (Å²) < 4.78 is 0. The van der Waals surface area contributed by atoms with Crippen molar-refractivity contribution in [2.45, 2.75) is 6.92 Å². The normalized spacial score (nSPS) is 9.93. The minimum Gasteiger partial charge on any atom is -0.369 e. The van der Waals surface area contributed by atoms with Gasteiger partial charge in [0.15, 0.2) is 0 Å². The molecule has 0 aliphatic rings. The number of nitrogens with one attached hydrogen (secondary N) is 1. The number of hydrogen-bond acceptors (Lipinski definition) is 5. The van der Waals surface area contributed by atoms with Gasteiger partial charge in [-0.05, 0) is 11.8 Å². The summed E-state index contributed by atoms with van der Waals surface area (Å²) in [6.45, 7) is 2.93. The van der Waals surface area contributed by atoms with Gasteiger partial charge >= 0.3 is 0 Å². The van der Waals surface area contributed by atoms with E-state index < -0.39 is 4.92 Å². The molecular formula is C9H13N3O2S. The predicted molar refractivity (Wildman–Crippen MR) is 62.4 cm³/mol. The van der Waals surface area contributed by atoms with Crippen LogP contribution >= 0.6 is 11.8 Å². The van der Waals surface area contributed by atoms with Crippen molar-refractivity contribution in [3.63, 3.8) is 0 Å². The van der Waals surface area contributed by atoms with Crippen molar-refractivity contribution in [3.05, 3.63) is 28.4 Å². The molecule has 0 amide bonds. The van der Waals surface area contributed by atoms with E-state index in [1.54, 1.807) is 6.07 Å². The van der Waals surface area contributed by atoms with E-state index in [9.17, 15) is 10.1 Å². The number of hydrogen-bond donors (Lipinski definition) is 1. The van der Waals surface area contributed by atoms with Crippen LogP contribution in [0.15, 0.2) is 18.3 Å². The van der Waals surface area contributed by atoms with Crippen molar-refractivity contribution in [2.75, 3.05) is 23.4 Å². The summed E-state index contributed by atoms with van der Waals surface area (Å²) in [6, 6.07) is 3.07. The Morgan fingerprint density at radius 3 is 2.93 bits per heavy atom. The molecular weight excluding hydrogens is 214 g/mol. The zero-order valence-electron chi connectivity index (χ0n) is 8.47. The minimum atomic E-state index is -0.455. The van der Waals surface area contributed by atoms with Gasteiger partial charge in [0.1, 0.15) is 12.0 Å². The van der Waals surface area contributed by atoms with Crippen molar-refractivity contribution in [1.29, 1.82) is 0 Å². The number of nitrogens with zero attached hydrogens (tertiary/aromatic N) is 2. The molecule has 0 fully saturated rings. The first kappa shape index (κ1) is 11.8. The third-order valence-corrected chi connectivity index (χ3v) is 2.62. The average molecular weight is 227 g/mol. The molecule has 0 spiro atoms. The molecule has 1 N–H and O–H groups in total. The lowest BCUT2D eigenvalue weighted by molar-refractivity contribution is -0.385. The zero-order valence-corrected chi connectivity index (χ0v) is 9.29. The maximum atomic E-state index is 10.4. The molecule has 1 aromatic rings. The summed E-state index contributed by atoms with van der Waals surface area (Å²) in [5.74, 6) is 2.78. The van der Waals surface area contributed by atoms with Crippen LogP contribution in [0, 0.1) is 10.1 Å². The molecule has 6 heteroatoms. The number of rotatable bonds is 6. The maximum Gasteiger partial charge on any atom is 0.287 e. The molecule has 1 aromatic heterocycles. The maximum absolute atomic E-state index is 10.4. The Bertz CT molecular complexity index is 316. The van der Waals surface area contributed by atoms with Gasteiger partial charge in [-0.1, -0.05) is 6.92 Å². The Morgan fingerprint density at radius 1 is 1.60 bits per heavy atom. The van der Waals surface area contributed by atoms with Crippen molar-refractivity contribution >= 4 is 23.3 Å². The topological polar surface area (TPSA) is 68.1 Å². The van der Waals surface area contributed by atoms with Crippen molar-refractivity contribution in [1.82, 2.24) is 4.98 Å². The van der Waals surface area contributed by atoms with Crippen molar-refractivity contribution in [3.8, 4) is 0 Å². The summed E-state index contributed by atoms with van der Waals surface area (Å²) in [7, 11) is 0. The molecule has 5 nitrogen and oxygen atoms in total. The molecule has 0 unspecified atom stereocenters. The first-order chi connectivity index (χ1) is 7.24. The summed E-state index contributed by atoms with van der Waals surface area (Å²) in [6.07, 6.45) is 1.26. The van der Waals surface area contributed by atoms with Crippen LogP contribution in [0.3, 0.4) is 0 Å². The Balaban J connectivity index is 2.39. The van der Waals surface area contributed by atoms with Crippen LogP contribution < -0.4 is 5.32 Å². The van der Waals surface area contributed by atoms with Crippen molar-refractivity contribution < 1.29 is 4.92 Å². The Labute approximate surface area is 92.4 Å². The van der Waals surface area contributed by atoms with Gasteiger partial charge in [-0.2, -0.15) is 11.8 Å². The van der Waals surface area contributed by atoms with Gasteiger partial charge in [-0.25, -0.2) is 4.98 Å². The molecule has 0 aliphatic heterocycles. The van der Waals surface area contributed by atoms with Crippen LogP contribution in [0.2, 0.25) is 0 Å². The second-order valence-corrected chi connectivity index (χ2v) is 4.18. The Kier molecular flexibility index (Phi) is 4.89. The number of nitro groups is 1. The standard InChI is InChI=1S/C9H13N3O2S/c1-2-15-6-5-10-9-4-3-8(7-11-9)12(13)14/h3-4,7H,2,5-6H2,1H3,(H,10,11). The van der Waals surface area contributed by atoms with Crippen LogP contribution in [-0.2, 0) is 0 Å². The summed E-state index contributed by atoms with van der Waals surface area (Å²) >= 11 is 1.84. The van der Waals surface area contributed by atoms with E-state index in [1.165, 1.54) is 12.3 Å². The average Bonchev–Trinajstić information content (AvgIpc) is 2.25. The second-order valence-electron chi connectivity index (χ2n) is 2.78. The lowest BCUT2D eigenvalue weighted by Gasteiger charge is -2.03. The predicted octanol–water partition coefficient (Wildman–Crippen LogP) is 2.15. The first-order valence-corrected chi connectivity index (χ1v) is 5.81. The van der Waals surface area contributed by atoms with Gasteiger partial charge in [0.25, 0.3) is 5.69 Å². The van der Waals surface area contributed by atoms with Gasteiger partial charge in [0, 0.05) is 18.4 Å². The minimum absolute atomic E-state index is 0.0171. The fraction of sp³-hybridized carbons (Fsp3) is 0.444. The summed E-state index contributed by atoms with van der Waals surface area (Å²) in [5.41, 5.74) is 0.0171. The monoisotopic (exact) mass is 227 g/mol. The van der Waals surface area contributed by atoms with Gasteiger partial charge < -0.3 is 5.32 Å². The lowest BCUT2D eigenvalue weighted by atomic mass is 10.4. The zero-order chi connectivity index (χ0) is 11.1. The Hall–Kier alpha value is -1.30. The molecule has 0 aromatic carbocycles. The highest BCUT2D eigenvalue weighted by molar-refractivity contribution is 7.99. The quantitative estimate of drug-likeness (QED) is 0.458. The fourth-order valence-electron chi connectivity index (χ4n) is 0.994. The molecule has 0 radical (unpaired) electrons. The van der Waals surface area contributed by atoms with Crippen LogP contribution in [0.25, 0.3) is 0 Å². The van der Waals surface area contributed by atoms with Gasteiger partial charge in [0.05, 0.1) is 4.92 Å². The first-order valence-electron chi connectivity index (χ1n) is 4.66. The van der Waals surface area contributed by atoms with Crippen LogP contribution in [0.5, 0.6) is 0 Å². The molecule has 0 saturated heterocycles. The molecule has 1 rings (SSSR count). The molecule has 0 aliphatic carbocycles. The van der Waals surface area contributed by atoms with Crippen LogP contribution in [0.4, 0.5) is 11.5 Å². The van der Waals surface area contributed by atoms with E-state index in [4.69, 9.17) is 0 Å². The van der Waals surface area contributed by atoms with Crippen molar-refractivity contribution in [2.24, 2.45) is 0 Å². The fourth-order valence-corrected chi connectivity index (χ4v) is 1.53. The van der Waals surface area contributed by atoms with Crippen LogP contribution in [-0.4, -0.2) is 28.0 Å². The number of thioether (sulfide) groups is 1. The smallest absolute Gasteiger partial charge is 0.287 e. The number of pyridine rings is 1. The van der Waals surface area contributed by atoms with E-state index in [2.05, 4.69) is 17.2 Å². The van der Waals surface area contributed by atoms with Crippen LogP contribution in [0.1, 0.15) is 6.92 Å². The summed E-state index contributed by atoms with van der Waals surface area (Å²) in [5, 5.41) is 13.4. The van der Waals surface area contributed by atoms with E-state index in [0.717, 1.165) is 18.1 Å². The van der Waals surface area contributed by atoms with E-state index in [1.807, 2.05) is 11.8 Å². The molecule has 0 saturated carbocycles. The largest absolute Gasteiger partial charge is 0.369 e. The van der Waals surface area contributed by atoms with Gasteiger partial charge in [-0.15, -0.1) is 0 Å². The highest BCUT2D eigenvalue weighted by Crippen LogP contribution is 2.11. The summed E-state index contributed by atoms with van der Waals surface area (Å²) in [4.78, 5) is 13.8. The molecule has 0 bridgehead atoms. The SMILES string of the molecule is CCSCCNc1ccc([N+](=O)[O-])cn1. The lowest BCUT2D eigenvalue weighted by Crippen LogP contribution is -2.05. The molecule has 1 heterocycles. The van der Waals surface area contributed by atoms with E-state index >= 15 is 0 Å². The second kappa shape index (κ2) is 6.23.